The van der Waals surface area contributed by atoms with Crippen molar-refractivity contribution >= 4 is 17.0 Å². The molecule has 5 nitrogen and oxygen atoms in total. The number of H-pyrrole nitrogens is 1. The van der Waals surface area contributed by atoms with Gasteiger partial charge in [0.05, 0.1) is 16.7 Å². The van der Waals surface area contributed by atoms with Crippen LogP contribution in [0.25, 0.3) is 33.7 Å². The number of hydrogen-bond acceptors (Lipinski definition) is 3. The summed E-state index contributed by atoms with van der Waals surface area (Å²) in [6.07, 6.45) is 8.55. The summed E-state index contributed by atoms with van der Waals surface area (Å²) >= 11 is 0. The lowest BCUT2D eigenvalue weighted by molar-refractivity contribution is -0.138. The third kappa shape index (κ3) is 4.89. The SMILES string of the molecule is CCc1ccc2nc(-c3ccc(-c4ccc(C5CCCC(CC(=O)O)CC5)cc4)nc3)[nH]c2c1. The van der Waals surface area contributed by atoms with Crippen molar-refractivity contribution in [3.8, 4) is 22.6 Å². The second-order valence-electron chi connectivity index (χ2n) is 9.51. The molecule has 34 heavy (non-hydrogen) atoms. The summed E-state index contributed by atoms with van der Waals surface area (Å²) in [5.74, 6) is 1.01. The summed E-state index contributed by atoms with van der Waals surface area (Å²) < 4.78 is 0. The van der Waals surface area contributed by atoms with Gasteiger partial charge in [-0.3, -0.25) is 9.78 Å². The molecule has 0 amide bonds. The molecule has 0 radical (unpaired) electrons. The molecule has 2 aromatic carbocycles. The minimum Gasteiger partial charge on any atom is -0.481 e. The van der Waals surface area contributed by atoms with Gasteiger partial charge in [-0.2, -0.15) is 0 Å². The van der Waals surface area contributed by atoms with Crippen molar-refractivity contribution in [1.29, 1.82) is 0 Å². The smallest absolute Gasteiger partial charge is 0.303 e. The van der Waals surface area contributed by atoms with Crippen LogP contribution in [0.15, 0.2) is 60.8 Å². The summed E-state index contributed by atoms with van der Waals surface area (Å²) in [6, 6.07) is 19.2. The van der Waals surface area contributed by atoms with Crippen LogP contribution < -0.4 is 0 Å². The van der Waals surface area contributed by atoms with E-state index in [4.69, 9.17) is 15.1 Å². The fourth-order valence-electron chi connectivity index (χ4n) is 5.21. The van der Waals surface area contributed by atoms with E-state index >= 15 is 0 Å². The number of carboxylic acids is 1. The van der Waals surface area contributed by atoms with Gasteiger partial charge in [-0.15, -0.1) is 0 Å². The Morgan fingerprint density at radius 1 is 1.00 bits per heavy atom. The number of aromatic nitrogens is 3. The molecule has 2 N–H and O–H groups in total. The minimum atomic E-state index is -0.669. The highest BCUT2D eigenvalue weighted by Crippen LogP contribution is 2.36. The average molecular weight is 454 g/mol. The first kappa shape index (κ1) is 22.3. The van der Waals surface area contributed by atoms with Crippen molar-refractivity contribution in [2.75, 3.05) is 0 Å². The van der Waals surface area contributed by atoms with Crippen molar-refractivity contribution in [2.45, 2.75) is 57.8 Å². The van der Waals surface area contributed by atoms with Gasteiger partial charge >= 0.3 is 5.97 Å². The molecule has 1 aliphatic carbocycles. The Labute approximate surface area is 200 Å². The van der Waals surface area contributed by atoms with Crippen LogP contribution in [0.2, 0.25) is 0 Å². The maximum Gasteiger partial charge on any atom is 0.303 e. The summed E-state index contributed by atoms with van der Waals surface area (Å²) in [4.78, 5) is 23.9. The van der Waals surface area contributed by atoms with E-state index in [1.807, 2.05) is 6.20 Å². The van der Waals surface area contributed by atoms with E-state index in [0.29, 0.717) is 18.3 Å². The molecule has 2 unspecified atom stereocenters. The summed E-state index contributed by atoms with van der Waals surface area (Å²) in [7, 11) is 0. The molecule has 5 heteroatoms. The molecule has 4 aromatic rings. The van der Waals surface area contributed by atoms with Crippen LogP contribution in [0.5, 0.6) is 0 Å². The first-order valence-corrected chi connectivity index (χ1v) is 12.4. The molecule has 5 rings (SSSR count). The molecule has 0 spiro atoms. The second-order valence-corrected chi connectivity index (χ2v) is 9.51. The molecule has 2 aromatic heterocycles. The predicted molar refractivity (Wildman–Crippen MR) is 136 cm³/mol. The molecule has 1 fully saturated rings. The Morgan fingerprint density at radius 2 is 1.82 bits per heavy atom. The molecule has 0 aliphatic heterocycles. The van der Waals surface area contributed by atoms with Crippen LogP contribution in [-0.2, 0) is 11.2 Å². The number of nitrogens with one attached hydrogen (secondary N) is 1. The third-order valence-electron chi connectivity index (χ3n) is 7.22. The fourth-order valence-corrected chi connectivity index (χ4v) is 5.21. The van der Waals surface area contributed by atoms with Crippen molar-refractivity contribution in [1.82, 2.24) is 15.0 Å². The first-order chi connectivity index (χ1) is 16.6. The number of aliphatic carboxylic acids is 1. The summed E-state index contributed by atoms with van der Waals surface area (Å²) in [5.41, 5.74) is 7.70. The third-order valence-corrected chi connectivity index (χ3v) is 7.22. The van der Waals surface area contributed by atoms with Crippen molar-refractivity contribution in [3.63, 3.8) is 0 Å². The molecule has 1 aliphatic rings. The minimum absolute atomic E-state index is 0.307. The number of imidazole rings is 1. The van der Waals surface area contributed by atoms with E-state index in [1.165, 1.54) is 11.1 Å². The highest BCUT2D eigenvalue weighted by atomic mass is 16.4. The van der Waals surface area contributed by atoms with Gasteiger partial charge < -0.3 is 10.1 Å². The zero-order valence-corrected chi connectivity index (χ0v) is 19.6. The number of aromatic amines is 1. The van der Waals surface area contributed by atoms with Crippen LogP contribution in [0.3, 0.4) is 0 Å². The molecule has 0 saturated heterocycles. The zero-order chi connectivity index (χ0) is 23.5. The van der Waals surface area contributed by atoms with Gasteiger partial charge in [0.1, 0.15) is 5.82 Å². The van der Waals surface area contributed by atoms with Gasteiger partial charge in [0.2, 0.25) is 0 Å². The topological polar surface area (TPSA) is 78.9 Å². The first-order valence-electron chi connectivity index (χ1n) is 12.4. The van der Waals surface area contributed by atoms with Gasteiger partial charge in [0.25, 0.3) is 0 Å². The lowest BCUT2D eigenvalue weighted by Gasteiger charge is -2.15. The number of aryl methyl sites for hydroxylation is 1. The monoisotopic (exact) mass is 453 g/mol. The van der Waals surface area contributed by atoms with Crippen LogP contribution in [0.4, 0.5) is 0 Å². The van der Waals surface area contributed by atoms with Gasteiger partial charge in [-0.25, -0.2) is 4.98 Å². The highest BCUT2D eigenvalue weighted by molar-refractivity contribution is 5.80. The Morgan fingerprint density at radius 3 is 2.56 bits per heavy atom. The molecular formula is C29H31N3O2. The quantitative estimate of drug-likeness (QED) is 0.308. The van der Waals surface area contributed by atoms with E-state index < -0.39 is 5.97 Å². The highest BCUT2D eigenvalue weighted by Gasteiger charge is 2.22. The zero-order valence-electron chi connectivity index (χ0n) is 19.6. The Kier molecular flexibility index (Phi) is 6.43. The second kappa shape index (κ2) is 9.80. The molecule has 174 valence electrons. The molecule has 1 saturated carbocycles. The molecule has 2 atom stereocenters. The normalized spacial score (nSPS) is 18.6. The number of carboxylic acid groups (broad SMARTS) is 1. The Hall–Kier alpha value is -3.47. The Balaban J connectivity index is 1.28. The lowest BCUT2D eigenvalue weighted by atomic mass is 9.90. The standard InChI is InChI=1S/C29H31N3O2/c1-2-19-7-14-26-27(16-19)32-29(31-26)24-13-15-25(30-18-24)23-11-9-22(10-12-23)21-5-3-4-20(6-8-21)17-28(33)34/h7,9-16,18,20-21H,2-6,8,17H2,1H3,(H,31,32)(H,33,34). The van der Waals surface area contributed by atoms with Crippen molar-refractivity contribution < 1.29 is 9.90 Å². The van der Waals surface area contributed by atoms with Gasteiger partial charge in [0, 0.05) is 23.7 Å². The van der Waals surface area contributed by atoms with Crippen LogP contribution >= 0.6 is 0 Å². The van der Waals surface area contributed by atoms with E-state index in [0.717, 1.165) is 72.2 Å². The lowest BCUT2D eigenvalue weighted by Crippen LogP contribution is -2.06. The van der Waals surface area contributed by atoms with Gasteiger partial charge in [0.15, 0.2) is 0 Å². The number of pyridine rings is 1. The Bertz CT molecular complexity index is 1280. The number of rotatable bonds is 6. The number of nitrogens with zero attached hydrogens (tertiary/aromatic N) is 2. The fraction of sp³-hybridized carbons (Fsp3) is 0.345. The number of fused-ring (bicyclic) bond motifs is 1. The maximum atomic E-state index is 11.1. The van der Waals surface area contributed by atoms with Crippen molar-refractivity contribution in [2.24, 2.45) is 5.92 Å². The van der Waals surface area contributed by atoms with E-state index in [2.05, 4.69) is 66.5 Å². The van der Waals surface area contributed by atoms with Crippen molar-refractivity contribution in [3.05, 3.63) is 71.9 Å². The molecule has 2 heterocycles. The molecular weight excluding hydrogens is 422 g/mol. The van der Waals surface area contributed by atoms with Gasteiger partial charge in [-0.1, -0.05) is 43.7 Å². The van der Waals surface area contributed by atoms with Crippen LogP contribution in [0, 0.1) is 5.92 Å². The maximum absolute atomic E-state index is 11.1. The summed E-state index contributed by atoms with van der Waals surface area (Å²) in [5, 5.41) is 9.10. The summed E-state index contributed by atoms with van der Waals surface area (Å²) in [6.45, 7) is 2.15. The van der Waals surface area contributed by atoms with Crippen LogP contribution in [0.1, 0.15) is 62.5 Å². The van der Waals surface area contributed by atoms with Gasteiger partial charge in [-0.05, 0) is 79.3 Å². The largest absolute Gasteiger partial charge is 0.481 e. The van der Waals surface area contributed by atoms with Crippen LogP contribution in [-0.4, -0.2) is 26.0 Å². The van der Waals surface area contributed by atoms with E-state index in [1.54, 1.807) is 0 Å². The molecule has 0 bridgehead atoms. The number of benzene rings is 2. The van der Waals surface area contributed by atoms with E-state index in [-0.39, 0.29) is 0 Å². The van der Waals surface area contributed by atoms with E-state index in [9.17, 15) is 4.79 Å². The number of hydrogen-bond donors (Lipinski definition) is 2. The average Bonchev–Trinajstić information content (AvgIpc) is 3.15. The number of carbonyl (C=O) groups is 1. The predicted octanol–water partition coefficient (Wildman–Crippen LogP) is 6.99.